The van der Waals surface area contributed by atoms with Crippen molar-refractivity contribution in [2.24, 2.45) is 0 Å². The molecule has 0 aliphatic carbocycles. The lowest BCUT2D eigenvalue weighted by atomic mass is 10.9. The van der Waals surface area contributed by atoms with Crippen LogP contribution in [0.25, 0.3) is 0 Å². The zero-order valence-corrected chi connectivity index (χ0v) is 6.65. The van der Waals surface area contributed by atoms with E-state index < -0.39 is 17.9 Å². The molecule has 0 heterocycles. The Balaban J connectivity index is 3.40. The van der Waals surface area contributed by atoms with Crippen LogP contribution in [0, 0.1) is 0 Å². The predicted molar refractivity (Wildman–Crippen MR) is 32.7 cm³/mol. The van der Waals surface area contributed by atoms with E-state index in [1.807, 2.05) is 0 Å². The van der Waals surface area contributed by atoms with E-state index in [-0.39, 0.29) is 11.4 Å². The summed E-state index contributed by atoms with van der Waals surface area (Å²) in [7, 11) is 0. The van der Waals surface area contributed by atoms with Crippen LogP contribution in [0.15, 0.2) is 0 Å². The van der Waals surface area contributed by atoms with E-state index in [1.54, 1.807) is 0 Å². The third-order valence-electron chi connectivity index (χ3n) is 0.359. The lowest BCUT2D eigenvalue weighted by Crippen LogP contribution is -2.11. The first-order valence-corrected chi connectivity index (χ1v) is 6.09. The van der Waals surface area contributed by atoms with E-state index in [9.17, 15) is 18.6 Å². The molecule has 9 heavy (non-hydrogen) atoms. The first kappa shape index (κ1) is 9.78. The SMILES string of the molecule is [O-]P([O-])(=S)SCC(F)F. The second-order valence-electron chi connectivity index (χ2n) is 1.13. The molecule has 0 aromatic rings. The van der Waals surface area contributed by atoms with E-state index in [2.05, 4.69) is 11.8 Å². The number of halogens is 2. The normalized spacial score (nSPS) is 12.6. The molecule has 0 saturated heterocycles. The zero-order chi connectivity index (χ0) is 7.49. The Hall–Kier alpha value is 0.780. The zero-order valence-electron chi connectivity index (χ0n) is 4.12. The second-order valence-corrected chi connectivity index (χ2v) is 6.97. The van der Waals surface area contributed by atoms with Gasteiger partial charge in [-0.15, -0.1) is 11.8 Å². The highest BCUT2D eigenvalue weighted by Gasteiger charge is 2.00. The summed E-state index contributed by atoms with van der Waals surface area (Å²) < 4.78 is 22.5. The van der Waals surface area contributed by atoms with Crippen LogP contribution < -0.4 is 9.79 Å². The lowest BCUT2D eigenvalue weighted by Gasteiger charge is -2.33. The van der Waals surface area contributed by atoms with Crippen LogP contribution in [0.2, 0.25) is 0 Å². The number of hydrogen-bond acceptors (Lipinski definition) is 4. The van der Waals surface area contributed by atoms with Gasteiger partial charge in [-0.2, -0.15) is 17.1 Å². The summed E-state index contributed by atoms with van der Waals surface area (Å²) in [6.07, 6.45) is -2.61. The molecule has 0 fully saturated rings. The Morgan fingerprint density at radius 1 is 1.56 bits per heavy atom. The largest absolute Gasteiger partial charge is 0.825 e. The van der Waals surface area contributed by atoms with Gasteiger partial charge in [0.2, 0.25) is 6.43 Å². The molecular weight excluding hydrogens is 189 g/mol. The maximum absolute atomic E-state index is 11.2. The predicted octanol–water partition coefficient (Wildman–Crippen LogP) is -0.0702. The molecule has 2 nitrogen and oxygen atoms in total. The Morgan fingerprint density at radius 2 is 2.00 bits per heavy atom. The van der Waals surface area contributed by atoms with E-state index in [0.717, 1.165) is 0 Å². The Kier molecular flexibility index (Phi) is 4.16. The third kappa shape index (κ3) is 8.78. The van der Waals surface area contributed by atoms with Crippen molar-refractivity contribution in [1.29, 1.82) is 0 Å². The van der Waals surface area contributed by atoms with Gasteiger partial charge in [0, 0.05) is 0 Å². The molecule has 0 spiro atoms. The van der Waals surface area contributed by atoms with Crippen molar-refractivity contribution < 1.29 is 18.6 Å². The minimum atomic E-state index is -3.95. The van der Waals surface area contributed by atoms with Gasteiger partial charge in [-0.3, -0.25) is 0 Å². The molecule has 0 bridgehead atoms. The molecule has 7 heteroatoms. The number of hydrogen-bond donors (Lipinski definition) is 0. The van der Waals surface area contributed by atoms with Crippen molar-refractivity contribution in [3.63, 3.8) is 0 Å². The van der Waals surface area contributed by atoms with E-state index in [4.69, 9.17) is 0 Å². The smallest absolute Gasteiger partial charge is 0.247 e. The van der Waals surface area contributed by atoms with E-state index in [0.29, 0.717) is 0 Å². The molecule has 0 amide bonds. The molecule has 0 aliphatic rings. The standard InChI is InChI=1S/C2H5F2O2PS2/c3-2(4)1-9-7(5,6)8/h2H,1H2,(H2,5,6,8)/p-2. The monoisotopic (exact) mass is 192 g/mol. The molecule has 56 valence electrons. The first-order valence-electron chi connectivity index (χ1n) is 1.86. The molecule has 0 saturated carbocycles. The quantitative estimate of drug-likeness (QED) is 0.587. The van der Waals surface area contributed by atoms with Gasteiger partial charge in [0.1, 0.15) is 0 Å². The molecule has 0 aliphatic heterocycles. The molecule has 0 atom stereocenters. The van der Waals surface area contributed by atoms with Gasteiger partial charge in [-0.25, -0.2) is 8.78 Å². The minimum absolute atomic E-state index is 0.106. The highest BCUT2D eigenvalue weighted by atomic mass is 32.9. The van der Waals surface area contributed by atoms with Gasteiger partial charge in [0.15, 0.2) is 0 Å². The van der Waals surface area contributed by atoms with Crippen LogP contribution in [-0.2, 0) is 11.8 Å². The van der Waals surface area contributed by atoms with Gasteiger partial charge in [-0.1, -0.05) is 0 Å². The van der Waals surface area contributed by atoms with Crippen LogP contribution in [0.4, 0.5) is 8.78 Å². The van der Waals surface area contributed by atoms with Crippen LogP contribution in [0.5, 0.6) is 0 Å². The van der Waals surface area contributed by atoms with Crippen molar-refractivity contribution in [2.75, 3.05) is 5.75 Å². The molecule has 0 N–H and O–H groups in total. The van der Waals surface area contributed by atoms with E-state index in [1.165, 1.54) is 0 Å². The summed E-state index contributed by atoms with van der Waals surface area (Å²) in [4.78, 5) is 20.0. The van der Waals surface area contributed by atoms with Crippen molar-refractivity contribution in [1.82, 2.24) is 0 Å². The summed E-state index contributed by atoms with van der Waals surface area (Å²) >= 11 is 3.94. The van der Waals surface area contributed by atoms with Gasteiger partial charge in [0.25, 0.3) is 0 Å². The summed E-state index contributed by atoms with van der Waals surface area (Å²) in [5.41, 5.74) is -3.95. The Bertz CT molecular complexity index is 124. The van der Waals surface area contributed by atoms with Crippen LogP contribution >= 0.6 is 17.1 Å². The topological polar surface area (TPSA) is 46.1 Å². The fourth-order valence-electron chi connectivity index (χ4n) is 0.148. The highest BCUT2D eigenvalue weighted by Crippen LogP contribution is 2.42. The van der Waals surface area contributed by atoms with Crippen molar-refractivity contribution in [3.05, 3.63) is 0 Å². The van der Waals surface area contributed by atoms with Crippen molar-refractivity contribution in [3.8, 4) is 0 Å². The fraction of sp³-hybridized carbons (Fsp3) is 1.00. The van der Waals surface area contributed by atoms with Crippen LogP contribution in [-0.4, -0.2) is 12.2 Å². The third-order valence-corrected chi connectivity index (χ3v) is 3.42. The van der Waals surface area contributed by atoms with Crippen LogP contribution in [0.1, 0.15) is 0 Å². The van der Waals surface area contributed by atoms with Gasteiger partial charge in [-0.05, 0) is 0 Å². The molecule has 0 rings (SSSR count). The number of rotatable bonds is 3. The van der Waals surface area contributed by atoms with Gasteiger partial charge < -0.3 is 9.79 Å². The van der Waals surface area contributed by atoms with Gasteiger partial charge in [0.05, 0.1) is 5.75 Å². The van der Waals surface area contributed by atoms with Crippen molar-refractivity contribution in [2.45, 2.75) is 6.43 Å². The maximum atomic E-state index is 11.2. The van der Waals surface area contributed by atoms with Gasteiger partial charge >= 0.3 is 0 Å². The van der Waals surface area contributed by atoms with Crippen molar-refractivity contribution >= 4 is 28.9 Å². The highest BCUT2D eigenvalue weighted by molar-refractivity contribution is 8.66. The summed E-state index contributed by atoms with van der Waals surface area (Å²) in [5.74, 6) is -0.732. The molecule has 0 unspecified atom stereocenters. The van der Waals surface area contributed by atoms with E-state index >= 15 is 0 Å². The Morgan fingerprint density at radius 3 is 2.11 bits per heavy atom. The Labute approximate surface area is 60.2 Å². The number of alkyl halides is 2. The molecular formula is C2H3F2O2PS2-2. The lowest BCUT2D eigenvalue weighted by molar-refractivity contribution is -0.284. The second kappa shape index (κ2) is 3.83. The molecule has 0 radical (unpaired) electrons. The first-order chi connectivity index (χ1) is 3.92. The summed E-state index contributed by atoms with van der Waals surface area (Å²) in [6, 6.07) is 0. The summed E-state index contributed by atoms with van der Waals surface area (Å²) in [5, 5.41) is 0. The fourth-order valence-corrected chi connectivity index (χ4v) is 1.88. The average Bonchev–Trinajstić information content (AvgIpc) is 1.59. The minimum Gasteiger partial charge on any atom is -0.825 e. The molecule has 0 aromatic heterocycles. The maximum Gasteiger partial charge on any atom is 0.247 e. The molecule has 0 aromatic carbocycles. The average molecular weight is 192 g/mol. The summed E-state index contributed by atoms with van der Waals surface area (Å²) in [6.45, 7) is 0. The van der Waals surface area contributed by atoms with Crippen LogP contribution in [0.3, 0.4) is 0 Å².